The number of hydroxylamine groups is 1. The van der Waals surface area contributed by atoms with Gasteiger partial charge < -0.3 is 4.90 Å². The molecule has 1 atom stereocenters. The highest BCUT2D eigenvalue weighted by Crippen LogP contribution is 2.29. The molecule has 0 unspecified atom stereocenters. The van der Waals surface area contributed by atoms with Crippen LogP contribution in [0.2, 0.25) is 0 Å². The maximum absolute atomic E-state index is 12.6. The first kappa shape index (κ1) is 16.3. The lowest BCUT2D eigenvalue weighted by molar-refractivity contribution is -0.137. The van der Waals surface area contributed by atoms with E-state index in [1.165, 1.54) is 11.0 Å². The minimum atomic E-state index is -4.51. The number of carbonyl (C=O) groups is 2. The van der Waals surface area contributed by atoms with E-state index in [4.69, 9.17) is 4.84 Å². The number of benzene rings is 1. The van der Waals surface area contributed by atoms with Crippen LogP contribution in [0.3, 0.4) is 0 Å². The quantitative estimate of drug-likeness (QED) is 0.864. The van der Waals surface area contributed by atoms with Gasteiger partial charge in [0.2, 0.25) is 5.91 Å². The van der Waals surface area contributed by atoms with Gasteiger partial charge in [-0.05, 0) is 24.6 Å². The molecule has 2 rings (SSSR count). The van der Waals surface area contributed by atoms with Crippen molar-refractivity contribution in [1.82, 2.24) is 10.4 Å². The Morgan fingerprint density at radius 1 is 1.45 bits per heavy atom. The maximum Gasteiger partial charge on any atom is 0.416 e. The van der Waals surface area contributed by atoms with Gasteiger partial charge in [-0.15, -0.1) is 0 Å². The molecule has 22 heavy (non-hydrogen) atoms. The standard InChI is InChI=1S/C14H15F3N2O3/c1-19-11(5-6-12(19)20)8-22-18-13(21)9-3-2-4-10(7-9)14(15,16)17/h2-4,7,11H,5-6,8H2,1H3,(H,18,21)/t11-/m0/s1. The second-order valence-electron chi connectivity index (χ2n) is 5.02. The van der Waals surface area contributed by atoms with Gasteiger partial charge in [-0.2, -0.15) is 13.2 Å². The number of nitrogens with zero attached hydrogens (tertiary/aromatic N) is 1. The highest BCUT2D eigenvalue weighted by Gasteiger charge is 2.31. The first-order chi connectivity index (χ1) is 10.3. The second-order valence-corrected chi connectivity index (χ2v) is 5.02. The summed E-state index contributed by atoms with van der Waals surface area (Å²) in [6, 6.07) is 3.91. The monoisotopic (exact) mass is 316 g/mol. The molecular formula is C14H15F3N2O3. The summed E-state index contributed by atoms with van der Waals surface area (Å²) in [5.74, 6) is -0.768. The van der Waals surface area contributed by atoms with E-state index in [2.05, 4.69) is 5.48 Å². The minimum absolute atomic E-state index is 0.00203. The lowest BCUT2D eigenvalue weighted by Gasteiger charge is -2.19. The van der Waals surface area contributed by atoms with Crippen LogP contribution in [0.4, 0.5) is 13.2 Å². The number of likely N-dealkylation sites (N-methyl/N-ethyl adjacent to an activating group) is 1. The summed E-state index contributed by atoms with van der Waals surface area (Å²) in [5.41, 5.74) is 1.05. The van der Waals surface area contributed by atoms with Gasteiger partial charge in [-0.3, -0.25) is 14.4 Å². The first-order valence-corrected chi connectivity index (χ1v) is 6.64. The average molecular weight is 316 g/mol. The Bertz CT molecular complexity index is 575. The van der Waals surface area contributed by atoms with E-state index < -0.39 is 17.6 Å². The van der Waals surface area contributed by atoms with Crippen LogP contribution in [0.25, 0.3) is 0 Å². The number of alkyl halides is 3. The van der Waals surface area contributed by atoms with E-state index in [0.29, 0.717) is 12.8 Å². The van der Waals surface area contributed by atoms with Crippen LogP contribution in [-0.4, -0.2) is 36.4 Å². The van der Waals surface area contributed by atoms with E-state index in [1.54, 1.807) is 7.05 Å². The fourth-order valence-corrected chi connectivity index (χ4v) is 2.16. The molecule has 2 amide bonds. The summed E-state index contributed by atoms with van der Waals surface area (Å²) in [7, 11) is 1.64. The summed E-state index contributed by atoms with van der Waals surface area (Å²) < 4.78 is 37.7. The molecule has 1 heterocycles. The van der Waals surface area contributed by atoms with E-state index in [-0.39, 0.29) is 24.1 Å². The number of rotatable bonds is 4. The van der Waals surface area contributed by atoms with Crippen molar-refractivity contribution in [3.63, 3.8) is 0 Å². The molecule has 8 heteroatoms. The van der Waals surface area contributed by atoms with E-state index >= 15 is 0 Å². The van der Waals surface area contributed by atoms with E-state index in [1.807, 2.05) is 0 Å². The minimum Gasteiger partial charge on any atom is -0.340 e. The zero-order valence-electron chi connectivity index (χ0n) is 11.8. The second kappa shape index (κ2) is 6.35. The summed E-state index contributed by atoms with van der Waals surface area (Å²) in [6.45, 7) is 0.0902. The number of halogens is 3. The Hall–Kier alpha value is -2.09. The molecule has 0 radical (unpaired) electrons. The largest absolute Gasteiger partial charge is 0.416 e. The third-order valence-electron chi connectivity index (χ3n) is 3.53. The Balaban J connectivity index is 1.89. The van der Waals surface area contributed by atoms with Gasteiger partial charge in [-0.25, -0.2) is 5.48 Å². The predicted molar refractivity (Wildman–Crippen MR) is 70.7 cm³/mol. The van der Waals surface area contributed by atoms with Crippen molar-refractivity contribution in [3.8, 4) is 0 Å². The van der Waals surface area contributed by atoms with Gasteiger partial charge in [0.1, 0.15) is 0 Å². The highest BCUT2D eigenvalue weighted by atomic mass is 19.4. The van der Waals surface area contributed by atoms with Crippen molar-refractivity contribution in [2.24, 2.45) is 0 Å². The van der Waals surface area contributed by atoms with Crippen molar-refractivity contribution < 1.29 is 27.6 Å². The third kappa shape index (κ3) is 3.76. The van der Waals surface area contributed by atoms with Crippen LogP contribution in [0.15, 0.2) is 24.3 Å². The topological polar surface area (TPSA) is 58.6 Å². The van der Waals surface area contributed by atoms with Gasteiger partial charge in [0.25, 0.3) is 5.91 Å². The van der Waals surface area contributed by atoms with Crippen LogP contribution in [0, 0.1) is 0 Å². The lowest BCUT2D eigenvalue weighted by atomic mass is 10.1. The van der Waals surface area contributed by atoms with Gasteiger partial charge in [0.15, 0.2) is 0 Å². The fraction of sp³-hybridized carbons (Fsp3) is 0.429. The normalized spacial score (nSPS) is 18.6. The molecule has 5 nitrogen and oxygen atoms in total. The number of likely N-dealkylation sites (tertiary alicyclic amines) is 1. The van der Waals surface area contributed by atoms with Crippen LogP contribution in [-0.2, 0) is 15.8 Å². The Morgan fingerprint density at radius 3 is 2.77 bits per heavy atom. The van der Waals surface area contributed by atoms with Crippen molar-refractivity contribution >= 4 is 11.8 Å². The zero-order valence-corrected chi connectivity index (χ0v) is 11.8. The van der Waals surface area contributed by atoms with Crippen molar-refractivity contribution in [2.75, 3.05) is 13.7 Å². The number of carbonyl (C=O) groups excluding carboxylic acids is 2. The molecule has 1 N–H and O–H groups in total. The summed E-state index contributed by atoms with van der Waals surface area (Å²) in [5, 5.41) is 0. The SMILES string of the molecule is CN1C(=O)CC[C@H]1CONC(=O)c1cccc(C(F)(F)F)c1. The van der Waals surface area contributed by atoms with E-state index in [0.717, 1.165) is 18.2 Å². The maximum atomic E-state index is 12.6. The van der Waals surface area contributed by atoms with Crippen LogP contribution in [0.5, 0.6) is 0 Å². The molecule has 0 bridgehead atoms. The predicted octanol–water partition coefficient (Wildman–Crippen LogP) is 1.99. The molecule has 1 aromatic carbocycles. The number of hydrogen-bond acceptors (Lipinski definition) is 3. The molecule has 0 saturated carbocycles. The third-order valence-corrected chi connectivity index (χ3v) is 3.53. The first-order valence-electron chi connectivity index (χ1n) is 6.64. The zero-order chi connectivity index (χ0) is 16.3. The van der Waals surface area contributed by atoms with Gasteiger partial charge in [0.05, 0.1) is 18.2 Å². The van der Waals surface area contributed by atoms with Gasteiger partial charge in [0, 0.05) is 19.0 Å². The Kier molecular flexibility index (Phi) is 4.70. The molecular weight excluding hydrogens is 301 g/mol. The molecule has 1 aromatic rings. The molecule has 0 spiro atoms. The molecule has 1 fully saturated rings. The highest BCUT2D eigenvalue weighted by molar-refractivity contribution is 5.93. The number of nitrogens with one attached hydrogen (secondary N) is 1. The number of hydrogen-bond donors (Lipinski definition) is 1. The molecule has 120 valence electrons. The van der Waals surface area contributed by atoms with Crippen LogP contribution >= 0.6 is 0 Å². The molecule has 1 aliphatic heterocycles. The van der Waals surface area contributed by atoms with Crippen LogP contribution in [0.1, 0.15) is 28.8 Å². The average Bonchev–Trinajstić information content (AvgIpc) is 2.78. The van der Waals surface area contributed by atoms with Crippen LogP contribution < -0.4 is 5.48 Å². The fourth-order valence-electron chi connectivity index (χ4n) is 2.16. The smallest absolute Gasteiger partial charge is 0.340 e. The van der Waals surface area contributed by atoms with Crippen molar-refractivity contribution in [3.05, 3.63) is 35.4 Å². The summed E-state index contributed by atoms with van der Waals surface area (Å²) in [4.78, 5) is 29.6. The number of amides is 2. The van der Waals surface area contributed by atoms with Gasteiger partial charge in [-0.1, -0.05) is 6.07 Å². The van der Waals surface area contributed by atoms with Gasteiger partial charge >= 0.3 is 6.18 Å². The summed E-state index contributed by atoms with van der Waals surface area (Å²) >= 11 is 0. The lowest BCUT2D eigenvalue weighted by Crippen LogP contribution is -2.35. The summed E-state index contributed by atoms with van der Waals surface area (Å²) in [6.07, 6.45) is -3.47. The molecule has 0 aliphatic carbocycles. The van der Waals surface area contributed by atoms with Crippen molar-refractivity contribution in [1.29, 1.82) is 0 Å². The molecule has 0 aromatic heterocycles. The Labute approximate surface area is 125 Å². The Morgan fingerprint density at radius 2 is 2.18 bits per heavy atom. The molecule has 1 aliphatic rings. The molecule has 1 saturated heterocycles. The van der Waals surface area contributed by atoms with Crippen molar-refractivity contribution in [2.45, 2.75) is 25.1 Å². The van der Waals surface area contributed by atoms with E-state index in [9.17, 15) is 22.8 Å².